The van der Waals surface area contributed by atoms with Gasteiger partial charge in [0.25, 0.3) is 5.91 Å². The summed E-state index contributed by atoms with van der Waals surface area (Å²) in [5.41, 5.74) is 1.95. The van der Waals surface area contributed by atoms with Crippen molar-refractivity contribution in [1.82, 2.24) is 4.98 Å². The number of thiazole rings is 1. The van der Waals surface area contributed by atoms with Gasteiger partial charge in [-0.05, 0) is 25.5 Å². The number of benzene rings is 1. The fourth-order valence-electron chi connectivity index (χ4n) is 2.25. The highest BCUT2D eigenvalue weighted by molar-refractivity contribution is 7.15. The van der Waals surface area contributed by atoms with Gasteiger partial charge in [0, 0.05) is 4.88 Å². The van der Waals surface area contributed by atoms with E-state index in [0.29, 0.717) is 17.4 Å². The van der Waals surface area contributed by atoms with Gasteiger partial charge >= 0.3 is 0 Å². The van der Waals surface area contributed by atoms with Gasteiger partial charge in [-0.2, -0.15) is 0 Å². The molecule has 2 N–H and O–H groups in total. The maximum Gasteiger partial charge on any atom is 0.269 e. The van der Waals surface area contributed by atoms with Crippen LogP contribution in [0.1, 0.15) is 17.5 Å². The van der Waals surface area contributed by atoms with E-state index in [1.807, 2.05) is 31.2 Å². The summed E-state index contributed by atoms with van der Waals surface area (Å²) in [4.78, 5) is 17.8. The number of carbonyl (C=O) groups is 1. The van der Waals surface area contributed by atoms with Crippen molar-refractivity contribution in [2.24, 2.45) is 0 Å². The standard InChI is InChI=1S/C15H17N3O2S/c1-3-10-9(2)21-15(17-10)18-14(19)13-8-16-11-6-4-5-7-12(11)20-13/h4-7,13,16H,3,8H2,1-2H3,(H,17,18,19). The quantitative estimate of drug-likeness (QED) is 0.915. The van der Waals surface area contributed by atoms with E-state index in [1.54, 1.807) is 0 Å². The third kappa shape index (κ3) is 2.85. The molecule has 1 aliphatic rings. The second-order valence-electron chi connectivity index (χ2n) is 4.85. The van der Waals surface area contributed by atoms with Crippen molar-refractivity contribution in [3.63, 3.8) is 0 Å². The summed E-state index contributed by atoms with van der Waals surface area (Å²) in [5.74, 6) is 0.530. The van der Waals surface area contributed by atoms with Crippen molar-refractivity contribution in [2.75, 3.05) is 17.2 Å². The lowest BCUT2D eigenvalue weighted by Crippen LogP contribution is -2.41. The van der Waals surface area contributed by atoms with E-state index in [-0.39, 0.29) is 5.91 Å². The molecule has 0 saturated carbocycles. The molecule has 3 rings (SSSR count). The number of aryl methyl sites for hydroxylation is 2. The van der Waals surface area contributed by atoms with Gasteiger partial charge in [0.2, 0.25) is 0 Å². The molecule has 1 amide bonds. The summed E-state index contributed by atoms with van der Waals surface area (Å²) < 4.78 is 5.73. The molecule has 0 radical (unpaired) electrons. The Labute approximate surface area is 127 Å². The number of aromatic nitrogens is 1. The zero-order chi connectivity index (χ0) is 14.8. The average Bonchev–Trinajstić information content (AvgIpc) is 2.86. The molecule has 2 aromatic rings. The predicted molar refractivity (Wildman–Crippen MR) is 84.2 cm³/mol. The molecule has 1 atom stereocenters. The molecule has 0 aliphatic carbocycles. The van der Waals surface area contributed by atoms with Crippen LogP contribution in [-0.2, 0) is 11.2 Å². The van der Waals surface area contributed by atoms with Gasteiger partial charge in [0.15, 0.2) is 11.2 Å². The van der Waals surface area contributed by atoms with E-state index in [9.17, 15) is 4.79 Å². The SMILES string of the molecule is CCc1nc(NC(=O)C2CNc3ccccc3O2)sc1C. The van der Waals surface area contributed by atoms with Crippen molar-refractivity contribution in [2.45, 2.75) is 26.4 Å². The summed E-state index contributed by atoms with van der Waals surface area (Å²) >= 11 is 1.50. The van der Waals surface area contributed by atoms with E-state index in [0.717, 1.165) is 22.7 Å². The first-order valence-corrected chi connectivity index (χ1v) is 7.75. The monoisotopic (exact) mass is 303 g/mol. The highest BCUT2D eigenvalue weighted by atomic mass is 32.1. The van der Waals surface area contributed by atoms with Crippen LogP contribution in [0.15, 0.2) is 24.3 Å². The lowest BCUT2D eigenvalue weighted by atomic mass is 10.2. The van der Waals surface area contributed by atoms with Gasteiger partial charge in [-0.1, -0.05) is 19.1 Å². The molecule has 1 unspecified atom stereocenters. The van der Waals surface area contributed by atoms with Crippen LogP contribution in [0.25, 0.3) is 0 Å². The normalized spacial score (nSPS) is 16.6. The molecule has 1 aromatic carbocycles. The zero-order valence-corrected chi connectivity index (χ0v) is 12.8. The number of hydrogen-bond donors (Lipinski definition) is 2. The smallest absolute Gasteiger partial charge is 0.269 e. The summed E-state index contributed by atoms with van der Waals surface area (Å²) in [6.45, 7) is 4.52. The lowest BCUT2D eigenvalue weighted by Gasteiger charge is -2.26. The first kappa shape index (κ1) is 13.9. The van der Waals surface area contributed by atoms with Crippen molar-refractivity contribution >= 4 is 28.1 Å². The summed E-state index contributed by atoms with van der Waals surface area (Å²) in [7, 11) is 0. The molecule has 6 heteroatoms. The molecule has 21 heavy (non-hydrogen) atoms. The lowest BCUT2D eigenvalue weighted by molar-refractivity contribution is -0.122. The minimum Gasteiger partial charge on any atom is -0.477 e. The van der Waals surface area contributed by atoms with Crippen molar-refractivity contribution < 1.29 is 9.53 Å². The topological polar surface area (TPSA) is 63.2 Å². The first-order chi connectivity index (χ1) is 10.2. The van der Waals surface area contributed by atoms with Crippen molar-refractivity contribution in [1.29, 1.82) is 0 Å². The number of para-hydroxylation sites is 2. The number of carbonyl (C=O) groups excluding carboxylic acids is 1. The molecular formula is C15H17N3O2S. The Morgan fingerprint density at radius 3 is 3.10 bits per heavy atom. The number of fused-ring (bicyclic) bond motifs is 1. The molecule has 0 bridgehead atoms. The molecule has 0 spiro atoms. The van der Waals surface area contributed by atoms with Gasteiger partial charge in [-0.25, -0.2) is 4.98 Å². The van der Waals surface area contributed by atoms with Crippen LogP contribution >= 0.6 is 11.3 Å². The van der Waals surface area contributed by atoms with E-state index >= 15 is 0 Å². The molecule has 0 fully saturated rings. The largest absolute Gasteiger partial charge is 0.477 e. The number of amides is 1. The molecular weight excluding hydrogens is 286 g/mol. The van der Waals surface area contributed by atoms with Gasteiger partial charge in [-0.15, -0.1) is 11.3 Å². The van der Waals surface area contributed by atoms with Crippen LogP contribution < -0.4 is 15.4 Å². The Morgan fingerprint density at radius 2 is 2.33 bits per heavy atom. The van der Waals surface area contributed by atoms with E-state index in [1.165, 1.54) is 11.3 Å². The number of nitrogens with zero attached hydrogens (tertiary/aromatic N) is 1. The Hall–Kier alpha value is -2.08. The summed E-state index contributed by atoms with van der Waals surface area (Å²) in [6, 6.07) is 7.60. The third-order valence-electron chi connectivity index (χ3n) is 3.38. The molecule has 1 aromatic heterocycles. The van der Waals surface area contributed by atoms with Gasteiger partial charge < -0.3 is 10.1 Å². The first-order valence-electron chi connectivity index (χ1n) is 6.94. The molecule has 2 heterocycles. The maximum atomic E-state index is 12.3. The second kappa shape index (κ2) is 5.73. The third-order valence-corrected chi connectivity index (χ3v) is 4.31. The van der Waals surface area contributed by atoms with E-state index in [4.69, 9.17) is 4.74 Å². The van der Waals surface area contributed by atoms with Crippen LogP contribution in [0, 0.1) is 6.92 Å². The molecule has 1 aliphatic heterocycles. The molecule has 110 valence electrons. The van der Waals surface area contributed by atoms with Crippen LogP contribution in [0.2, 0.25) is 0 Å². The minimum atomic E-state index is -0.547. The summed E-state index contributed by atoms with van der Waals surface area (Å²) in [6.07, 6.45) is 0.321. The second-order valence-corrected chi connectivity index (χ2v) is 6.05. The number of ether oxygens (including phenoxy) is 1. The number of anilines is 2. The Kier molecular flexibility index (Phi) is 3.79. The van der Waals surface area contributed by atoms with Crippen LogP contribution in [0.4, 0.5) is 10.8 Å². The Balaban J connectivity index is 1.69. The minimum absolute atomic E-state index is 0.173. The fourth-order valence-corrected chi connectivity index (χ4v) is 3.16. The van der Waals surface area contributed by atoms with Crippen LogP contribution in [0.5, 0.6) is 5.75 Å². The predicted octanol–water partition coefficient (Wildman–Crippen LogP) is 2.83. The Morgan fingerprint density at radius 1 is 1.52 bits per heavy atom. The number of rotatable bonds is 3. The number of nitrogens with one attached hydrogen (secondary N) is 2. The van der Waals surface area contributed by atoms with Gasteiger partial charge in [0.05, 0.1) is 17.9 Å². The molecule has 5 nitrogen and oxygen atoms in total. The van der Waals surface area contributed by atoms with Crippen LogP contribution in [-0.4, -0.2) is 23.5 Å². The van der Waals surface area contributed by atoms with E-state index < -0.39 is 6.10 Å². The van der Waals surface area contributed by atoms with Crippen molar-refractivity contribution in [3.05, 3.63) is 34.8 Å². The van der Waals surface area contributed by atoms with Gasteiger partial charge in [0.1, 0.15) is 5.75 Å². The summed E-state index contributed by atoms with van der Waals surface area (Å²) in [5, 5.41) is 6.68. The maximum absolute atomic E-state index is 12.3. The number of hydrogen-bond acceptors (Lipinski definition) is 5. The van der Waals surface area contributed by atoms with Crippen molar-refractivity contribution in [3.8, 4) is 5.75 Å². The van der Waals surface area contributed by atoms with Crippen LogP contribution in [0.3, 0.4) is 0 Å². The zero-order valence-electron chi connectivity index (χ0n) is 12.0. The fraction of sp³-hybridized carbons (Fsp3) is 0.333. The highest BCUT2D eigenvalue weighted by Crippen LogP contribution is 2.29. The Bertz CT molecular complexity index is 669. The van der Waals surface area contributed by atoms with E-state index in [2.05, 4.69) is 22.5 Å². The van der Waals surface area contributed by atoms with Gasteiger partial charge in [-0.3, -0.25) is 10.1 Å². The highest BCUT2D eigenvalue weighted by Gasteiger charge is 2.26. The average molecular weight is 303 g/mol. The molecule has 0 saturated heterocycles.